The second kappa shape index (κ2) is 7.87. The number of aromatic nitrogens is 3. The summed E-state index contributed by atoms with van der Waals surface area (Å²) in [7, 11) is 1.94. The molecule has 0 spiro atoms. The SMILES string of the molecule is Cc1ccccc1-c1nnc(SCC(=O)c2ccc(C(C)C)cc2)n1C. The van der Waals surface area contributed by atoms with Gasteiger partial charge in [0.2, 0.25) is 0 Å². The number of thioether (sulfide) groups is 1. The van der Waals surface area contributed by atoms with Crippen molar-refractivity contribution in [1.82, 2.24) is 14.8 Å². The topological polar surface area (TPSA) is 47.8 Å². The number of nitrogens with zero attached hydrogens (tertiary/aromatic N) is 3. The van der Waals surface area contributed by atoms with E-state index in [-0.39, 0.29) is 5.78 Å². The van der Waals surface area contributed by atoms with Crippen molar-refractivity contribution in [3.05, 3.63) is 65.2 Å². The molecule has 4 nitrogen and oxygen atoms in total. The van der Waals surface area contributed by atoms with E-state index in [0.717, 1.165) is 27.7 Å². The van der Waals surface area contributed by atoms with Gasteiger partial charge in [0.25, 0.3) is 0 Å². The fourth-order valence-electron chi connectivity index (χ4n) is 2.77. The van der Waals surface area contributed by atoms with Gasteiger partial charge in [-0.25, -0.2) is 0 Å². The lowest BCUT2D eigenvalue weighted by molar-refractivity contribution is 0.102. The third-order valence-corrected chi connectivity index (χ3v) is 5.47. The summed E-state index contributed by atoms with van der Waals surface area (Å²) in [6.07, 6.45) is 0. The number of benzene rings is 2. The highest BCUT2D eigenvalue weighted by molar-refractivity contribution is 7.99. The molecule has 0 saturated heterocycles. The number of hydrogen-bond donors (Lipinski definition) is 0. The molecule has 5 heteroatoms. The molecular weight excluding hydrogens is 342 g/mol. The predicted octanol–water partition coefficient (Wildman–Crippen LogP) is 4.89. The Morgan fingerprint density at radius 2 is 1.77 bits per heavy atom. The van der Waals surface area contributed by atoms with Crippen LogP contribution in [-0.4, -0.2) is 26.3 Å². The van der Waals surface area contributed by atoms with Gasteiger partial charge in [-0.3, -0.25) is 4.79 Å². The van der Waals surface area contributed by atoms with Crippen molar-refractivity contribution >= 4 is 17.5 Å². The van der Waals surface area contributed by atoms with Gasteiger partial charge >= 0.3 is 0 Å². The number of aryl methyl sites for hydroxylation is 1. The minimum absolute atomic E-state index is 0.103. The van der Waals surface area contributed by atoms with Crippen LogP contribution in [0.4, 0.5) is 0 Å². The molecule has 26 heavy (non-hydrogen) atoms. The predicted molar refractivity (Wildman–Crippen MR) is 107 cm³/mol. The van der Waals surface area contributed by atoms with Gasteiger partial charge in [0, 0.05) is 18.2 Å². The van der Waals surface area contributed by atoms with E-state index in [4.69, 9.17) is 0 Å². The molecule has 0 amide bonds. The molecule has 3 rings (SSSR count). The van der Waals surface area contributed by atoms with Crippen LogP contribution in [0.1, 0.15) is 41.3 Å². The zero-order chi connectivity index (χ0) is 18.7. The van der Waals surface area contributed by atoms with Crippen LogP contribution >= 0.6 is 11.8 Å². The molecule has 2 aromatic carbocycles. The average Bonchev–Trinajstić information content (AvgIpc) is 3.00. The van der Waals surface area contributed by atoms with Crippen LogP contribution in [0.15, 0.2) is 53.7 Å². The number of Topliss-reactive ketones (excluding diaryl/α,β-unsaturated/α-hetero) is 1. The number of rotatable bonds is 6. The molecule has 0 aliphatic rings. The summed E-state index contributed by atoms with van der Waals surface area (Å²) in [5.41, 5.74) is 4.19. The first-order valence-electron chi connectivity index (χ1n) is 8.68. The van der Waals surface area contributed by atoms with Gasteiger partial charge in [-0.2, -0.15) is 0 Å². The largest absolute Gasteiger partial charge is 0.305 e. The maximum Gasteiger partial charge on any atom is 0.191 e. The Balaban J connectivity index is 1.70. The maximum atomic E-state index is 12.5. The van der Waals surface area contributed by atoms with Crippen molar-refractivity contribution in [3.63, 3.8) is 0 Å². The van der Waals surface area contributed by atoms with E-state index in [0.29, 0.717) is 11.7 Å². The summed E-state index contributed by atoms with van der Waals surface area (Å²) < 4.78 is 1.95. The number of carbonyl (C=O) groups excluding carboxylic acids is 1. The van der Waals surface area contributed by atoms with E-state index in [9.17, 15) is 4.79 Å². The molecular formula is C21H23N3OS. The van der Waals surface area contributed by atoms with Crippen molar-refractivity contribution in [2.24, 2.45) is 7.05 Å². The molecule has 0 N–H and O–H groups in total. The lowest BCUT2D eigenvalue weighted by atomic mass is 10.0. The van der Waals surface area contributed by atoms with E-state index >= 15 is 0 Å². The molecule has 134 valence electrons. The van der Waals surface area contributed by atoms with Crippen LogP contribution < -0.4 is 0 Å². The third-order valence-electron chi connectivity index (χ3n) is 4.45. The van der Waals surface area contributed by atoms with Crippen molar-refractivity contribution < 1.29 is 4.79 Å². The zero-order valence-electron chi connectivity index (χ0n) is 15.6. The normalized spacial score (nSPS) is 11.1. The van der Waals surface area contributed by atoms with Crippen LogP contribution in [0.5, 0.6) is 0 Å². The Morgan fingerprint density at radius 1 is 1.08 bits per heavy atom. The molecule has 0 aliphatic heterocycles. The molecule has 0 bridgehead atoms. The van der Waals surface area contributed by atoms with E-state index in [2.05, 4.69) is 37.0 Å². The number of carbonyl (C=O) groups is 1. The van der Waals surface area contributed by atoms with Gasteiger partial charge in [-0.05, 0) is 24.0 Å². The lowest BCUT2D eigenvalue weighted by Gasteiger charge is -2.07. The van der Waals surface area contributed by atoms with Crippen molar-refractivity contribution in [1.29, 1.82) is 0 Å². The second-order valence-corrected chi connectivity index (χ2v) is 7.61. The van der Waals surface area contributed by atoms with Gasteiger partial charge in [0.15, 0.2) is 16.8 Å². The molecule has 3 aromatic rings. The molecule has 0 unspecified atom stereocenters. The Bertz CT molecular complexity index is 913. The highest BCUT2D eigenvalue weighted by atomic mass is 32.2. The number of hydrogen-bond acceptors (Lipinski definition) is 4. The third kappa shape index (κ3) is 3.88. The summed E-state index contributed by atoms with van der Waals surface area (Å²) in [6.45, 7) is 6.35. The van der Waals surface area contributed by atoms with E-state index in [1.807, 2.05) is 54.1 Å². The average molecular weight is 366 g/mol. The van der Waals surface area contributed by atoms with Crippen LogP contribution in [0.25, 0.3) is 11.4 Å². The fourth-order valence-corrected chi connectivity index (χ4v) is 3.57. The first-order valence-corrected chi connectivity index (χ1v) is 9.67. The molecule has 0 atom stereocenters. The van der Waals surface area contributed by atoms with Crippen LogP contribution in [-0.2, 0) is 7.05 Å². The molecule has 0 saturated carbocycles. The summed E-state index contributed by atoms with van der Waals surface area (Å²) in [6, 6.07) is 16.0. The van der Waals surface area contributed by atoms with Gasteiger partial charge in [0.05, 0.1) is 5.75 Å². The second-order valence-electron chi connectivity index (χ2n) is 6.67. The van der Waals surface area contributed by atoms with Crippen molar-refractivity contribution in [2.75, 3.05) is 5.75 Å². The first-order chi connectivity index (χ1) is 12.5. The Hall–Kier alpha value is -2.40. The summed E-state index contributed by atoms with van der Waals surface area (Å²) in [4.78, 5) is 12.5. The van der Waals surface area contributed by atoms with E-state index in [1.165, 1.54) is 17.3 Å². The smallest absolute Gasteiger partial charge is 0.191 e. The molecule has 1 heterocycles. The van der Waals surface area contributed by atoms with Gasteiger partial charge in [-0.15, -0.1) is 10.2 Å². The highest BCUT2D eigenvalue weighted by Gasteiger charge is 2.15. The van der Waals surface area contributed by atoms with Crippen molar-refractivity contribution in [3.8, 4) is 11.4 Å². The zero-order valence-corrected chi connectivity index (χ0v) is 16.4. The standard InChI is InChI=1S/C21H23N3OS/c1-14(2)16-9-11-17(12-10-16)19(25)13-26-21-23-22-20(24(21)4)18-8-6-5-7-15(18)3/h5-12,14H,13H2,1-4H3. The first kappa shape index (κ1) is 18.4. The summed E-state index contributed by atoms with van der Waals surface area (Å²) in [5, 5.41) is 9.31. The van der Waals surface area contributed by atoms with E-state index in [1.54, 1.807) is 0 Å². The van der Waals surface area contributed by atoms with Gasteiger partial charge < -0.3 is 4.57 Å². The maximum absolute atomic E-state index is 12.5. The Labute approximate surface area is 158 Å². The minimum atomic E-state index is 0.103. The van der Waals surface area contributed by atoms with Crippen LogP contribution in [0.2, 0.25) is 0 Å². The van der Waals surface area contributed by atoms with Crippen LogP contribution in [0, 0.1) is 6.92 Å². The monoisotopic (exact) mass is 365 g/mol. The minimum Gasteiger partial charge on any atom is -0.305 e. The molecule has 0 radical (unpaired) electrons. The lowest BCUT2D eigenvalue weighted by Crippen LogP contribution is -2.04. The van der Waals surface area contributed by atoms with Crippen LogP contribution in [0.3, 0.4) is 0 Å². The molecule has 0 aliphatic carbocycles. The van der Waals surface area contributed by atoms with E-state index < -0.39 is 0 Å². The quantitative estimate of drug-likeness (QED) is 0.461. The summed E-state index contributed by atoms with van der Waals surface area (Å²) >= 11 is 1.42. The van der Waals surface area contributed by atoms with Crippen molar-refractivity contribution in [2.45, 2.75) is 31.8 Å². The summed E-state index contributed by atoms with van der Waals surface area (Å²) in [5.74, 6) is 1.73. The number of ketones is 1. The molecule has 0 fully saturated rings. The Kier molecular flexibility index (Phi) is 5.57. The highest BCUT2D eigenvalue weighted by Crippen LogP contribution is 2.25. The fraction of sp³-hybridized carbons (Fsp3) is 0.286. The van der Waals surface area contributed by atoms with Gasteiger partial charge in [0.1, 0.15) is 0 Å². The van der Waals surface area contributed by atoms with Gasteiger partial charge in [-0.1, -0.05) is 74.1 Å². The molecule has 1 aromatic heterocycles. The Morgan fingerprint density at radius 3 is 2.42 bits per heavy atom.